The van der Waals surface area contributed by atoms with E-state index in [1.54, 1.807) is 0 Å². The van der Waals surface area contributed by atoms with Crippen molar-refractivity contribution >= 4 is 22.4 Å². The fraction of sp³-hybridized carbons (Fsp3) is 0.214. The number of fused-ring (bicyclic) bond motifs is 3. The van der Waals surface area contributed by atoms with Crippen molar-refractivity contribution in [2.75, 3.05) is 12.4 Å². The van der Waals surface area contributed by atoms with Crippen LogP contribution in [0.2, 0.25) is 0 Å². The van der Waals surface area contributed by atoms with Gasteiger partial charge >= 0.3 is 5.97 Å². The average Bonchev–Trinajstić information content (AvgIpc) is 2.82. The number of ether oxygens (including phenoxy) is 1. The summed E-state index contributed by atoms with van der Waals surface area (Å²) in [7, 11) is 1.42. The molecule has 3 rings (SSSR count). The summed E-state index contributed by atoms with van der Waals surface area (Å²) in [5.74, 6) is -0.203. The third-order valence-electron chi connectivity index (χ3n) is 3.26. The van der Waals surface area contributed by atoms with Crippen LogP contribution >= 0.6 is 0 Å². The third-order valence-corrected chi connectivity index (χ3v) is 3.26. The van der Waals surface area contributed by atoms with E-state index in [0.717, 1.165) is 5.69 Å². The fourth-order valence-corrected chi connectivity index (χ4v) is 2.42. The summed E-state index contributed by atoms with van der Waals surface area (Å²) >= 11 is 0. The van der Waals surface area contributed by atoms with E-state index >= 15 is 0 Å². The minimum Gasteiger partial charge on any atom is -0.467 e. The second kappa shape index (κ2) is 3.77. The molecule has 0 saturated carbocycles. The second-order valence-corrected chi connectivity index (χ2v) is 4.24. The van der Waals surface area contributed by atoms with E-state index in [4.69, 9.17) is 4.74 Å². The molecule has 2 aromatic carbocycles. The summed E-state index contributed by atoms with van der Waals surface area (Å²) < 4.78 is 4.78. The molecule has 0 saturated heterocycles. The normalized spacial score (nSPS) is 17.6. The number of methoxy groups -OCH3 is 1. The van der Waals surface area contributed by atoms with Gasteiger partial charge in [0.15, 0.2) is 0 Å². The maximum absolute atomic E-state index is 11.5. The molecule has 0 aliphatic carbocycles. The first-order valence-electron chi connectivity index (χ1n) is 5.64. The molecular weight excluding hydrogens is 214 g/mol. The third kappa shape index (κ3) is 1.55. The monoisotopic (exact) mass is 227 g/mol. The molecule has 0 amide bonds. The molecular formula is C14H13NO2. The SMILES string of the molecule is COC(=O)C1Cc2c(ccc3ccccc23)N1. The molecule has 1 aliphatic rings. The van der Waals surface area contributed by atoms with E-state index in [1.165, 1.54) is 23.4 Å². The Hall–Kier alpha value is -2.03. The Morgan fingerprint density at radius 1 is 1.29 bits per heavy atom. The van der Waals surface area contributed by atoms with Crippen molar-refractivity contribution in [3.8, 4) is 0 Å². The summed E-state index contributed by atoms with van der Waals surface area (Å²) in [6, 6.07) is 12.1. The predicted octanol–water partition coefficient (Wildman–Crippen LogP) is 2.35. The molecule has 2 aromatic rings. The van der Waals surface area contributed by atoms with Crippen LogP contribution in [0, 0.1) is 0 Å². The van der Waals surface area contributed by atoms with Gasteiger partial charge in [-0.05, 0) is 22.4 Å². The van der Waals surface area contributed by atoms with Gasteiger partial charge in [-0.25, -0.2) is 4.79 Å². The number of esters is 1. The summed E-state index contributed by atoms with van der Waals surface area (Å²) in [6.45, 7) is 0. The standard InChI is InChI=1S/C14H13NO2/c1-17-14(16)13-8-11-10-5-3-2-4-9(10)6-7-12(11)15-13/h2-7,13,15H,8H2,1H3. The van der Waals surface area contributed by atoms with Gasteiger partial charge in [-0.15, -0.1) is 0 Å². The van der Waals surface area contributed by atoms with E-state index in [0.29, 0.717) is 6.42 Å². The molecule has 1 heterocycles. The Bertz CT molecular complexity index is 592. The summed E-state index contributed by atoms with van der Waals surface area (Å²) in [5, 5.41) is 5.62. The lowest BCUT2D eigenvalue weighted by molar-refractivity contribution is -0.141. The van der Waals surface area contributed by atoms with Gasteiger partial charge in [-0.3, -0.25) is 0 Å². The lowest BCUT2D eigenvalue weighted by Gasteiger charge is -2.07. The maximum Gasteiger partial charge on any atom is 0.328 e. The number of nitrogens with one attached hydrogen (secondary N) is 1. The van der Waals surface area contributed by atoms with Crippen LogP contribution in [0.4, 0.5) is 5.69 Å². The van der Waals surface area contributed by atoms with E-state index in [1.807, 2.05) is 18.2 Å². The van der Waals surface area contributed by atoms with Gasteiger partial charge in [0.25, 0.3) is 0 Å². The maximum atomic E-state index is 11.5. The topological polar surface area (TPSA) is 38.3 Å². The zero-order valence-corrected chi connectivity index (χ0v) is 9.57. The number of carbonyl (C=O) groups excluding carboxylic acids is 1. The Morgan fingerprint density at radius 2 is 2.12 bits per heavy atom. The molecule has 3 nitrogen and oxygen atoms in total. The first-order valence-corrected chi connectivity index (χ1v) is 5.64. The van der Waals surface area contributed by atoms with E-state index in [-0.39, 0.29) is 12.0 Å². The zero-order chi connectivity index (χ0) is 11.8. The largest absolute Gasteiger partial charge is 0.467 e. The van der Waals surface area contributed by atoms with Gasteiger partial charge in [-0.1, -0.05) is 30.3 Å². The number of rotatable bonds is 1. The molecule has 0 aromatic heterocycles. The van der Waals surface area contributed by atoms with Gasteiger partial charge < -0.3 is 10.1 Å². The smallest absolute Gasteiger partial charge is 0.328 e. The van der Waals surface area contributed by atoms with Crippen molar-refractivity contribution < 1.29 is 9.53 Å². The molecule has 1 unspecified atom stereocenters. The Morgan fingerprint density at radius 3 is 2.94 bits per heavy atom. The number of carbonyl (C=O) groups is 1. The molecule has 0 radical (unpaired) electrons. The molecule has 0 bridgehead atoms. The molecule has 0 fully saturated rings. The molecule has 86 valence electrons. The van der Waals surface area contributed by atoms with Crippen molar-refractivity contribution in [3.63, 3.8) is 0 Å². The van der Waals surface area contributed by atoms with Crippen LogP contribution in [0.25, 0.3) is 10.8 Å². The van der Waals surface area contributed by atoms with E-state index in [9.17, 15) is 4.79 Å². The molecule has 3 heteroatoms. The summed E-state index contributed by atoms with van der Waals surface area (Å²) in [4.78, 5) is 11.5. The summed E-state index contributed by atoms with van der Waals surface area (Å²) in [5.41, 5.74) is 2.25. The summed E-state index contributed by atoms with van der Waals surface area (Å²) in [6.07, 6.45) is 0.698. The molecule has 17 heavy (non-hydrogen) atoms. The molecule has 1 N–H and O–H groups in total. The van der Waals surface area contributed by atoms with Crippen molar-refractivity contribution in [3.05, 3.63) is 42.0 Å². The lowest BCUT2D eigenvalue weighted by Crippen LogP contribution is -2.27. The van der Waals surface area contributed by atoms with E-state index < -0.39 is 0 Å². The van der Waals surface area contributed by atoms with Crippen LogP contribution < -0.4 is 5.32 Å². The zero-order valence-electron chi connectivity index (χ0n) is 9.57. The predicted molar refractivity (Wildman–Crippen MR) is 67.1 cm³/mol. The first kappa shape index (κ1) is 10.1. The fourth-order valence-electron chi connectivity index (χ4n) is 2.42. The highest BCUT2D eigenvalue weighted by molar-refractivity contribution is 5.94. The van der Waals surface area contributed by atoms with Crippen LogP contribution in [0.15, 0.2) is 36.4 Å². The lowest BCUT2D eigenvalue weighted by atomic mass is 10.0. The highest BCUT2D eigenvalue weighted by Crippen LogP contribution is 2.32. The molecule has 1 aliphatic heterocycles. The minimum absolute atomic E-state index is 0.203. The molecule has 1 atom stereocenters. The number of hydrogen-bond donors (Lipinski definition) is 1. The van der Waals surface area contributed by atoms with Gasteiger partial charge in [0.1, 0.15) is 6.04 Å². The van der Waals surface area contributed by atoms with Crippen LogP contribution in [0.5, 0.6) is 0 Å². The number of anilines is 1. The number of benzene rings is 2. The second-order valence-electron chi connectivity index (χ2n) is 4.24. The highest BCUT2D eigenvalue weighted by Gasteiger charge is 2.28. The van der Waals surface area contributed by atoms with Crippen LogP contribution in [-0.2, 0) is 16.0 Å². The van der Waals surface area contributed by atoms with Crippen molar-refractivity contribution in [2.24, 2.45) is 0 Å². The average molecular weight is 227 g/mol. The highest BCUT2D eigenvalue weighted by atomic mass is 16.5. The Balaban J connectivity index is 2.08. The first-order chi connectivity index (χ1) is 8.29. The quantitative estimate of drug-likeness (QED) is 0.760. The van der Waals surface area contributed by atoms with Crippen LogP contribution in [0.1, 0.15) is 5.56 Å². The van der Waals surface area contributed by atoms with Crippen LogP contribution in [0.3, 0.4) is 0 Å². The molecule has 0 spiro atoms. The minimum atomic E-state index is -0.249. The van der Waals surface area contributed by atoms with Crippen LogP contribution in [-0.4, -0.2) is 19.1 Å². The van der Waals surface area contributed by atoms with Gasteiger partial charge in [-0.2, -0.15) is 0 Å². The van der Waals surface area contributed by atoms with Gasteiger partial charge in [0.05, 0.1) is 7.11 Å². The van der Waals surface area contributed by atoms with Gasteiger partial charge in [0.2, 0.25) is 0 Å². The van der Waals surface area contributed by atoms with Crippen molar-refractivity contribution in [2.45, 2.75) is 12.5 Å². The number of hydrogen-bond acceptors (Lipinski definition) is 3. The Kier molecular flexibility index (Phi) is 2.25. The van der Waals surface area contributed by atoms with Crippen molar-refractivity contribution in [1.29, 1.82) is 0 Å². The van der Waals surface area contributed by atoms with Crippen molar-refractivity contribution in [1.82, 2.24) is 0 Å². The Labute approximate surface area is 99.4 Å². The van der Waals surface area contributed by atoms with E-state index in [2.05, 4.69) is 23.5 Å². The van der Waals surface area contributed by atoms with Gasteiger partial charge in [0, 0.05) is 12.1 Å².